The molecule has 1 saturated heterocycles. The third kappa shape index (κ3) is 2.91. The first-order valence-electron chi connectivity index (χ1n) is 6.64. The normalized spacial score (nSPS) is 19.9. The van der Waals surface area contributed by atoms with E-state index in [1.165, 1.54) is 11.1 Å². The van der Waals surface area contributed by atoms with Crippen LogP contribution in [-0.2, 0) is 11.2 Å². The maximum Gasteiger partial charge on any atom is 0.227 e. The lowest BCUT2D eigenvalue weighted by atomic mass is 10.0. The van der Waals surface area contributed by atoms with E-state index in [1.807, 2.05) is 4.90 Å². The summed E-state index contributed by atoms with van der Waals surface area (Å²) in [5.74, 6) is 0.246. The van der Waals surface area contributed by atoms with Gasteiger partial charge in [0.1, 0.15) is 0 Å². The number of piperazine rings is 1. The molecule has 3 heteroatoms. The second-order valence-corrected chi connectivity index (χ2v) is 5.25. The van der Waals surface area contributed by atoms with E-state index in [-0.39, 0.29) is 5.91 Å². The first-order chi connectivity index (χ1) is 8.58. The van der Waals surface area contributed by atoms with Gasteiger partial charge in [0.25, 0.3) is 0 Å². The molecule has 1 aromatic carbocycles. The minimum atomic E-state index is 0.246. The summed E-state index contributed by atoms with van der Waals surface area (Å²) in [4.78, 5) is 14.3. The number of hydrogen-bond acceptors (Lipinski definition) is 2. The van der Waals surface area contributed by atoms with Crippen LogP contribution in [0.3, 0.4) is 0 Å². The van der Waals surface area contributed by atoms with Crippen molar-refractivity contribution >= 4 is 5.91 Å². The molecule has 98 valence electrons. The third-order valence-corrected chi connectivity index (χ3v) is 3.66. The highest BCUT2D eigenvalue weighted by molar-refractivity contribution is 5.79. The predicted octanol–water partition coefficient (Wildman–Crippen LogP) is 1.67. The predicted molar refractivity (Wildman–Crippen MR) is 73.7 cm³/mol. The largest absolute Gasteiger partial charge is 0.337 e. The average Bonchev–Trinajstić information content (AvgIpc) is 2.33. The number of carbonyl (C=O) groups is 1. The zero-order valence-electron chi connectivity index (χ0n) is 11.5. The number of amides is 1. The van der Waals surface area contributed by atoms with Crippen molar-refractivity contribution in [2.24, 2.45) is 0 Å². The van der Waals surface area contributed by atoms with E-state index >= 15 is 0 Å². The number of rotatable bonds is 2. The molecule has 1 heterocycles. The summed E-state index contributed by atoms with van der Waals surface area (Å²) < 4.78 is 0. The first-order valence-corrected chi connectivity index (χ1v) is 6.64. The summed E-state index contributed by atoms with van der Waals surface area (Å²) in [6.45, 7) is 8.90. The highest BCUT2D eigenvalue weighted by Crippen LogP contribution is 2.13. The summed E-state index contributed by atoms with van der Waals surface area (Å²) in [5, 5.41) is 3.31. The van der Waals surface area contributed by atoms with Gasteiger partial charge in [-0.15, -0.1) is 0 Å². The molecule has 0 spiro atoms. The number of aryl methyl sites for hydroxylation is 2. The molecule has 1 aromatic rings. The van der Waals surface area contributed by atoms with Crippen molar-refractivity contribution in [3.63, 3.8) is 0 Å². The van der Waals surface area contributed by atoms with Crippen LogP contribution >= 0.6 is 0 Å². The highest BCUT2D eigenvalue weighted by Gasteiger charge is 2.23. The fourth-order valence-electron chi connectivity index (χ4n) is 2.52. The summed E-state index contributed by atoms with van der Waals surface area (Å²) in [7, 11) is 0. The lowest BCUT2D eigenvalue weighted by Crippen LogP contribution is -2.52. The van der Waals surface area contributed by atoms with Crippen molar-refractivity contribution in [1.29, 1.82) is 0 Å². The lowest BCUT2D eigenvalue weighted by molar-refractivity contribution is -0.133. The molecule has 2 rings (SSSR count). The molecule has 0 aliphatic carbocycles. The molecule has 0 aromatic heterocycles. The first kappa shape index (κ1) is 13.1. The average molecular weight is 246 g/mol. The maximum absolute atomic E-state index is 12.3. The van der Waals surface area contributed by atoms with Crippen LogP contribution in [-0.4, -0.2) is 36.5 Å². The Kier molecular flexibility index (Phi) is 4.02. The summed E-state index contributed by atoms with van der Waals surface area (Å²) >= 11 is 0. The van der Waals surface area contributed by atoms with Crippen LogP contribution in [0.1, 0.15) is 23.6 Å². The molecule has 1 atom stereocenters. The van der Waals surface area contributed by atoms with Gasteiger partial charge in [-0.1, -0.05) is 23.8 Å². The second-order valence-electron chi connectivity index (χ2n) is 5.25. The van der Waals surface area contributed by atoms with Crippen LogP contribution in [0.25, 0.3) is 0 Å². The Bertz CT molecular complexity index is 442. The second kappa shape index (κ2) is 5.53. The van der Waals surface area contributed by atoms with Crippen LogP contribution in [0, 0.1) is 13.8 Å². The van der Waals surface area contributed by atoms with Crippen molar-refractivity contribution < 1.29 is 4.79 Å². The van der Waals surface area contributed by atoms with Gasteiger partial charge >= 0.3 is 0 Å². The number of hydrogen-bond donors (Lipinski definition) is 1. The van der Waals surface area contributed by atoms with E-state index in [2.05, 4.69) is 44.3 Å². The monoisotopic (exact) mass is 246 g/mol. The molecule has 1 aliphatic heterocycles. The molecule has 1 N–H and O–H groups in total. The molecule has 1 aliphatic rings. The lowest BCUT2D eigenvalue weighted by Gasteiger charge is -2.34. The molecule has 0 radical (unpaired) electrons. The maximum atomic E-state index is 12.3. The summed E-state index contributed by atoms with van der Waals surface area (Å²) in [5.41, 5.74) is 3.61. The van der Waals surface area contributed by atoms with E-state index in [0.717, 1.165) is 25.2 Å². The number of nitrogens with one attached hydrogen (secondary N) is 1. The molecule has 3 nitrogen and oxygen atoms in total. The highest BCUT2D eigenvalue weighted by atomic mass is 16.2. The van der Waals surface area contributed by atoms with Crippen molar-refractivity contribution in [3.05, 3.63) is 34.9 Å². The van der Waals surface area contributed by atoms with Gasteiger partial charge in [-0.25, -0.2) is 0 Å². The number of benzene rings is 1. The molecule has 1 amide bonds. The van der Waals surface area contributed by atoms with Crippen molar-refractivity contribution in [1.82, 2.24) is 10.2 Å². The minimum Gasteiger partial charge on any atom is -0.337 e. The van der Waals surface area contributed by atoms with Gasteiger partial charge in [-0.2, -0.15) is 0 Å². The van der Waals surface area contributed by atoms with Crippen LogP contribution < -0.4 is 5.32 Å². The van der Waals surface area contributed by atoms with E-state index in [4.69, 9.17) is 0 Å². The molecule has 18 heavy (non-hydrogen) atoms. The Balaban J connectivity index is 2.06. The molecular weight excluding hydrogens is 224 g/mol. The molecule has 1 fully saturated rings. The Hall–Kier alpha value is -1.35. The van der Waals surface area contributed by atoms with Crippen LogP contribution in [0.2, 0.25) is 0 Å². The fraction of sp³-hybridized carbons (Fsp3) is 0.533. The Labute approximate surface area is 109 Å². The van der Waals surface area contributed by atoms with Crippen LogP contribution in [0.15, 0.2) is 18.2 Å². The van der Waals surface area contributed by atoms with Crippen molar-refractivity contribution in [2.75, 3.05) is 19.6 Å². The van der Waals surface area contributed by atoms with Crippen molar-refractivity contribution in [3.8, 4) is 0 Å². The van der Waals surface area contributed by atoms with Gasteiger partial charge in [0.05, 0.1) is 6.42 Å². The van der Waals surface area contributed by atoms with Gasteiger partial charge in [0.15, 0.2) is 0 Å². The van der Waals surface area contributed by atoms with Crippen LogP contribution in [0.4, 0.5) is 0 Å². The van der Waals surface area contributed by atoms with Gasteiger partial charge in [0.2, 0.25) is 5.91 Å². The van der Waals surface area contributed by atoms with Gasteiger partial charge in [-0.05, 0) is 31.9 Å². The van der Waals surface area contributed by atoms with Gasteiger partial charge in [0, 0.05) is 25.7 Å². The van der Waals surface area contributed by atoms with E-state index < -0.39 is 0 Å². The quantitative estimate of drug-likeness (QED) is 0.861. The molecular formula is C15H22N2O. The number of carbonyl (C=O) groups excluding carboxylic acids is 1. The SMILES string of the molecule is Cc1ccc(CC(=O)N2CCNCC2C)c(C)c1. The topological polar surface area (TPSA) is 32.3 Å². The van der Waals surface area contributed by atoms with Crippen molar-refractivity contribution in [2.45, 2.75) is 33.2 Å². The smallest absolute Gasteiger partial charge is 0.227 e. The Morgan fingerprint density at radius 2 is 2.22 bits per heavy atom. The zero-order valence-corrected chi connectivity index (χ0v) is 11.5. The van der Waals surface area contributed by atoms with Crippen LogP contribution in [0.5, 0.6) is 0 Å². The summed E-state index contributed by atoms with van der Waals surface area (Å²) in [6, 6.07) is 6.60. The molecule has 0 bridgehead atoms. The molecule has 0 saturated carbocycles. The molecule has 1 unspecified atom stereocenters. The van der Waals surface area contributed by atoms with Gasteiger partial charge < -0.3 is 10.2 Å². The van der Waals surface area contributed by atoms with E-state index in [1.54, 1.807) is 0 Å². The van der Waals surface area contributed by atoms with Gasteiger partial charge in [-0.3, -0.25) is 4.79 Å². The van der Waals surface area contributed by atoms with E-state index in [0.29, 0.717) is 12.5 Å². The minimum absolute atomic E-state index is 0.246. The summed E-state index contributed by atoms with van der Waals surface area (Å²) in [6.07, 6.45) is 0.524. The fourth-order valence-corrected chi connectivity index (χ4v) is 2.52. The standard InChI is InChI=1S/C15H22N2O/c1-11-4-5-14(12(2)8-11)9-15(18)17-7-6-16-10-13(17)3/h4-5,8,13,16H,6-7,9-10H2,1-3H3. The Morgan fingerprint density at radius 1 is 1.44 bits per heavy atom. The van der Waals surface area contributed by atoms with E-state index in [9.17, 15) is 4.79 Å². The Morgan fingerprint density at radius 3 is 2.89 bits per heavy atom. The zero-order chi connectivity index (χ0) is 13.1. The number of nitrogens with zero attached hydrogens (tertiary/aromatic N) is 1. The third-order valence-electron chi connectivity index (χ3n) is 3.66.